The maximum Gasteiger partial charge on any atom is 0.0771 e. The zero-order valence-corrected chi connectivity index (χ0v) is 7.47. The molecule has 1 saturated heterocycles. The third-order valence-corrected chi connectivity index (χ3v) is 2.14. The molecule has 1 heterocycles. The zero-order valence-electron chi connectivity index (χ0n) is 7.47. The number of likely N-dealkylation sites (N-methyl/N-ethyl adjacent to an activating group) is 1. The van der Waals surface area contributed by atoms with E-state index in [4.69, 9.17) is 4.74 Å². The molecule has 1 fully saturated rings. The SMILES string of the molecule is C=C(C)N(CC)C[C@@H]1CCO1. The second-order valence-electron chi connectivity index (χ2n) is 3.06. The number of hydrogen-bond acceptors (Lipinski definition) is 2. The summed E-state index contributed by atoms with van der Waals surface area (Å²) >= 11 is 0. The maximum absolute atomic E-state index is 5.33. The summed E-state index contributed by atoms with van der Waals surface area (Å²) in [6, 6.07) is 0. The minimum absolute atomic E-state index is 0.464. The standard InChI is InChI=1S/C9H17NO/c1-4-10(8(2)3)7-9-5-6-11-9/h9H,2,4-7H2,1,3H3/t9-/m0/s1. The van der Waals surface area contributed by atoms with Gasteiger partial charge in [-0.3, -0.25) is 0 Å². The Morgan fingerprint density at radius 1 is 1.73 bits per heavy atom. The molecule has 0 spiro atoms. The molecule has 0 bridgehead atoms. The van der Waals surface area contributed by atoms with Gasteiger partial charge in [0, 0.05) is 25.4 Å². The van der Waals surface area contributed by atoms with Gasteiger partial charge in [-0.2, -0.15) is 0 Å². The monoisotopic (exact) mass is 155 g/mol. The molecule has 0 aliphatic carbocycles. The lowest BCUT2D eigenvalue weighted by Gasteiger charge is -2.33. The molecule has 0 aromatic carbocycles. The third-order valence-electron chi connectivity index (χ3n) is 2.14. The summed E-state index contributed by atoms with van der Waals surface area (Å²) < 4.78 is 5.33. The summed E-state index contributed by atoms with van der Waals surface area (Å²) in [5.41, 5.74) is 1.14. The van der Waals surface area contributed by atoms with Crippen molar-refractivity contribution in [1.29, 1.82) is 0 Å². The molecular formula is C9H17NO. The first-order valence-electron chi connectivity index (χ1n) is 4.26. The van der Waals surface area contributed by atoms with Crippen LogP contribution in [-0.2, 0) is 4.74 Å². The minimum atomic E-state index is 0.464. The number of hydrogen-bond donors (Lipinski definition) is 0. The van der Waals surface area contributed by atoms with Gasteiger partial charge >= 0.3 is 0 Å². The highest BCUT2D eigenvalue weighted by molar-refractivity contribution is 4.89. The molecule has 0 amide bonds. The molecule has 11 heavy (non-hydrogen) atoms. The van der Waals surface area contributed by atoms with Crippen molar-refractivity contribution in [3.63, 3.8) is 0 Å². The molecule has 0 unspecified atom stereocenters. The van der Waals surface area contributed by atoms with Gasteiger partial charge in [-0.25, -0.2) is 0 Å². The van der Waals surface area contributed by atoms with Crippen LogP contribution in [0.25, 0.3) is 0 Å². The van der Waals surface area contributed by atoms with Gasteiger partial charge in [0.2, 0.25) is 0 Å². The lowest BCUT2D eigenvalue weighted by atomic mass is 10.2. The van der Waals surface area contributed by atoms with Crippen molar-refractivity contribution in [2.75, 3.05) is 19.7 Å². The van der Waals surface area contributed by atoms with Crippen molar-refractivity contribution in [1.82, 2.24) is 4.90 Å². The average Bonchev–Trinajstić information content (AvgIpc) is 1.85. The van der Waals surface area contributed by atoms with Crippen LogP contribution in [0.2, 0.25) is 0 Å². The fourth-order valence-corrected chi connectivity index (χ4v) is 1.23. The van der Waals surface area contributed by atoms with Crippen molar-refractivity contribution >= 4 is 0 Å². The Labute approximate surface area is 68.8 Å². The summed E-state index contributed by atoms with van der Waals surface area (Å²) in [4.78, 5) is 2.25. The van der Waals surface area contributed by atoms with Crippen LogP contribution in [-0.4, -0.2) is 30.7 Å². The smallest absolute Gasteiger partial charge is 0.0771 e. The number of ether oxygens (including phenoxy) is 1. The fraction of sp³-hybridized carbons (Fsp3) is 0.778. The predicted octanol–water partition coefficient (Wildman–Crippen LogP) is 1.63. The molecule has 0 aromatic rings. The van der Waals surface area contributed by atoms with Crippen LogP contribution in [0.3, 0.4) is 0 Å². The summed E-state index contributed by atoms with van der Waals surface area (Å²) in [7, 11) is 0. The summed E-state index contributed by atoms with van der Waals surface area (Å²) in [6.45, 7) is 11.1. The van der Waals surface area contributed by atoms with E-state index in [0.29, 0.717) is 6.10 Å². The zero-order chi connectivity index (χ0) is 8.27. The first kappa shape index (κ1) is 8.60. The average molecular weight is 155 g/mol. The van der Waals surface area contributed by atoms with E-state index in [9.17, 15) is 0 Å². The quantitative estimate of drug-likeness (QED) is 0.612. The van der Waals surface area contributed by atoms with Crippen molar-refractivity contribution in [2.45, 2.75) is 26.4 Å². The van der Waals surface area contributed by atoms with E-state index in [1.54, 1.807) is 0 Å². The first-order chi connectivity index (χ1) is 5.24. The molecular weight excluding hydrogens is 138 g/mol. The van der Waals surface area contributed by atoms with E-state index in [0.717, 1.165) is 25.4 Å². The predicted molar refractivity (Wildman–Crippen MR) is 46.4 cm³/mol. The largest absolute Gasteiger partial charge is 0.376 e. The van der Waals surface area contributed by atoms with Crippen LogP contribution in [0.1, 0.15) is 20.3 Å². The van der Waals surface area contributed by atoms with E-state index in [1.165, 1.54) is 6.42 Å². The summed E-state index contributed by atoms with van der Waals surface area (Å²) in [5, 5.41) is 0. The van der Waals surface area contributed by atoms with Crippen molar-refractivity contribution in [3.8, 4) is 0 Å². The van der Waals surface area contributed by atoms with Crippen molar-refractivity contribution in [3.05, 3.63) is 12.3 Å². The summed E-state index contributed by atoms with van der Waals surface area (Å²) in [6.07, 6.45) is 1.68. The highest BCUT2D eigenvalue weighted by atomic mass is 16.5. The molecule has 1 rings (SSSR count). The van der Waals surface area contributed by atoms with Crippen LogP contribution in [0.5, 0.6) is 0 Å². The van der Waals surface area contributed by atoms with E-state index in [-0.39, 0.29) is 0 Å². The Kier molecular flexibility index (Phi) is 2.94. The molecule has 1 aliphatic rings. The van der Waals surface area contributed by atoms with Crippen molar-refractivity contribution in [2.24, 2.45) is 0 Å². The molecule has 0 radical (unpaired) electrons. The van der Waals surface area contributed by atoms with Gasteiger partial charge in [-0.15, -0.1) is 0 Å². The molecule has 2 nitrogen and oxygen atoms in total. The lowest BCUT2D eigenvalue weighted by molar-refractivity contribution is -0.0620. The first-order valence-corrected chi connectivity index (χ1v) is 4.26. The Bertz CT molecular complexity index is 140. The third kappa shape index (κ3) is 2.22. The van der Waals surface area contributed by atoms with Gasteiger partial charge in [0.15, 0.2) is 0 Å². The fourth-order valence-electron chi connectivity index (χ4n) is 1.23. The second-order valence-corrected chi connectivity index (χ2v) is 3.06. The van der Waals surface area contributed by atoms with E-state index >= 15 is 0 Å². The van der Waals surface area contributed by atoms with E-state index < -0.39 is 0 Å². The maximum atomic E-state index is 5.33. The number of allylic oxidation sites excluding steroid dienone is 1. The Hall–Kier alpha value is -0.500. The highest BCUT2D eigenvalue weighted by Gasteiger charge is 2.20. The Morgan fingerprint density at radius 3 is 2.64 bits per heavy atom. The number of nitrogens with zero attached hydrogens (tertiary/aromatic N) is 1. The normalized spacial score (nSPS) is 22.5. The lowest BCUT2D eigenvalue weighted by Crippen LogP contribution is -2.38. The minimum Gasteiger partial charge on any atom is -0.376 e. The Morgan fingerprint density at radius 2 is 2.36 bits per heavy atom. The molecule has 0 saturated carbocycles. The Balaban J connectivity index is 2.24. The van der Waals surface area contributed by atoms with Crippen LogP contribution in [0, 0.1) is 0 Å². The molecule has 0 N–H and O–H groups in total. The van der Waals surface area contributed by atoms with Gasteiger partial charge in [0.1, 0.15) is 0 Å². The van der Waals surface area contributed by atoms with E-state index in [2.05, 4.69) is 18.4 Å². The molecule has 1 atom stereocenters. The van der Waals surface area contributed by atoms with Crippen LogP contribution < -0.4 is 0 Å². The van der Waals surface area contributed by atoms with Gasteiger partial charge < -0.3 is 9.64 Å². The molecule has 0 aromatic heterocycles. The highest BCUT2D eigenvalue weighted by Crippen LogP contribution is 2.14. The van der Waals surface area contributed by atoms with Crippen LogP contribution in [0.4, 0.5) is 0 Å². The van der Waals surface area contributed by atoms with Gasteiger partial charge in [0.25, 0.3) is 0 Å². The van der Waals surface area contributed by atoms with Gasteiger partial charge in [0.05, 0.1) is 6.10 Å². The van der Waals surface area contributed by atoms with E-state index in [1.807, 2.05) is 6.92 Å². The molecule has 64 valence electrons. The topological polar surface area (TPSA) is 12.5 Å². The molecule has 1 aliphatic heterocycles. The van der Waals surface area contributed by atoms with Crippen LogP contribution >= 0.6 is 0 Å². The molecule has 2 heteroatoms. The second kappa shape index (κ2) is 3.77. The number of rotatable bonds is 4. The summed E-state index contributed by atoms with van der Waals surface area (Å²) in [5.74, 6) is 0. The van der Waals surface area contributed by atoms with Crippen molar-refractivity contribution < 1.29 is 4.74 Å². The van der Waals surface area contributed by atoms with Gasteiger partial charge in [-0.1, -0.05) is 6.58 Å². The van der Waals surface area contributed by atoms with Crippen LogP contribution in [0.15, 0.2) is 12.3 Å². The van der Waals surface area contributed by atoms with Gasteiger partial charge in [-0.05, 0) is 20.3 Å².